The molecule has 0 aromatic carbocycles. The van der Waals surface area contributed by atoms with Crippen molar-refractivity contribution in [3.63, 3.8) is 0 Å². The first-order valence-electron chi connectivity index (χ1n) is 2.12. The van der Waals surface area contributed by atoms with Crippen LogP contribution in [0.15, 0.2) is 12.2 Å². The zero-order valence-electron chi connectivity index (χ0n) is 4.45. The van der Waals surface area contributed by atoms with Crippen molar-refractivity contribution in [2.75, 3.05) is 6.16 Å². The summed E-state index contributed by atoms with van der Waals surface area (Å²) in [6.07, 6.45) is 2.28. The van der Waals surface area contributed by atoms with E-state index in [2.05, 4.69) is 0 Å². The largest absolute Gasteiger partial charge is 0.509 e. The lowest BCUT2D eigenvalue weighted by Gasteiger charge is -1.69. The Kier molecular flexibility index (Phi) is 4.50. The molecule has 0 saturated carbocycles. The smallest absolute Gasteiger partial charge is 0.276 e. The molecule has 0 rings (SSSR count). The lowest BCUT2D eigenvalue weighted by atomic mass is 10.6. The third-order valence-corrected chi connectivity index (χ3v) is 1.16. The molecule has 0 saturated heterocycles. The highest BCUT2D eigenvalue weighted by Crippen LogP contribution is 2.11. The summed E-state index contributed by atoms with van der Waals surface area (Å²) in [5, 5.41) is -0.633. The van der Waals surface area contributed by atoms with Gasteiger partial charge in [-0.1, -0.05) is 0 Å². The molecule has 0 aromatic heterocycles. The second kappa shape index (κ2) is 4.62. The number of rotatable bonds is 3. The quantitative estimate of drug-likeness (QED) is 0.388. The molecule has 0 fully saturated rings. The fraction of sp³-hybridized carbons (Fsp3) is 0.250. The normalized spacial score (nSPS) is 12.0. The highest BCUT2D eigenvalue weighted by atomic mass is 35.5. The van der Waals surface area contributed by atoms with E-state index in [4.69, 9.17) is 16.5 Å². The Bertz CT molecular complexity index is 154. The van der Waals surface area contributed by atoms with Crippen LogP contribution in [0, 0.1) is 0 Å². The number of carbonyl (C=O) groups excluding carboxylic acids is 1. The maximum absolute atomic E-state index is 9.93. The summed E-state index contributed by atoms with van der Waals surface area (Å²) >= 11 is 4.86. The van der Waals surface area contributed by atoms with Gasteiger partial charge in [0.25, 0.3) is 0 Å². The van der Waals surface area contributed by atoms with Gasteiger partial charge in [-0.25, -0.2) is 0 Å². The van der Waals surface area contributed by atoms with Crippen LogP contribution in [0.3, 0.4) is 0 Å². The minimum atomic E-state index is -2.18. The van der Waals surface area contributed by atoms with Crippen molar-refractivity contribution in [2.24, 2.45) is 0 Å². The molecule has 5 heteroatoms. The van der Waals surface area contributed by atoms with Crippen molar-refractivity contribution in [3.05, 3.63) is 12.2 Å². The number of hydrogen-bond acceptors (Lipinski definition) is 2. The predicted octanol–water partition coefficient (Wildman–Crippen LogP) is 1.04. The van der Waals surface area contributed by atoms with Crippen molar-refractivity contribution in [2.45, 2.75) is 0 Å². The van der Waals surface area contributed by atoms with E-state index in [9.17, 15) is 9.36 Å². The molecular weight excluding hydrogens is 162 g/mol. The van der Waals surface area contributed by atoms with Crippen LogP contribution in [-0.4, -0.2) is 16.3 Å². The fourth-order valence-electron chi connectivity index (χ4n) is 0.236. The minimum Gasteiger partial charge on any atom is -0.276 e. The van der Waals surface area contributed by atoms with Crippen molar-refractivity contribution < 1.29 is 14.3 Å². The molecule has 0 spiro atoms. The standard InChI is InChI=1S/C4H4ClO3P/c5-4(6)2-1-3-9(7)8/h1-2H,3H2/p+1. The van der Waals surface area contributed by atoms with Crippen molar-refractivity contribution >= 4 is 24.9 Å². The molecule has 0 aromatic rings. The molecule has 9 heavy (non-hydrogen) atoms. The molecule has 0 aliphatic rings. The Balaban J connectivity index is 3.48. The van der Waals surface area contributed by atoms with Gasteiger partial charge in [0, 0.05) is 0 Å². The third-order valence-electron chi connectivity index (χ3n) is 0.510. The van der Waals surface area contributed by atoms with E-state index in [1.807, 2.05) is 0 Å². The number of hydrogen-bond donors (Lipinski definition) is 1. The van der Waals surface area contributed by atoms with Crippen molar-refractivity contribution in [1.29, 1.82) is 0 Å². The maximum atomic E-state index is 9.93. The zero-order valence-corrected chi connectivity index (χ0v) is 6.10. The molecule has 0 bridgehead atoms. The van der Waals surface area contributed by atoms with Gasteiger partial charge in [0.1, 0.15) is 0 Å². The Morgan fingerprint density at radius 2 is 2.33 bits per heavy atom. The van der Waals surface area contributed by atoms with Crippen LogP contribution in [0.4, 0.5) is 0 Å². The predicted molar refractivity (Wildman–Crippen MR) is 34.7 cm³/mol. The molecular formula is C4H5ClO3P+. The van der Waals surface area contributed by atoms with Crippen LogP contribution in [0.25, 0.3) is 0 Å². The van der Waals surface area contributed by atoms with Crippen LogP contribution in [0.5, 0.6) is 0 Å². The van der Waals surface area contributed by atoms with Gasteiger partial charge in [0.05, 0.1) is 0 Å². The lowest BCUT2D eigenvalue weighted by Crippen LogP contribution is -1.76. The Hall–Kier alpha value is -0.240. The van der Waals surface area contributed by atoms with Crippen LogP contribution in [0.2, 0.25) is 0 Å². The minimum absolute atomic E-state index is 0.0200. The second-order valence-corrected chi connectivity index (χ2v) is 2.68. The Morgan fingerprint density at radius 1 is 1.78 bits per heavy atom. The molecule has 0 amide bonds. The monoisotopic (exact) mass is 167 g/mol. The SMILES string of the molecule is O=C(Cl)C=CC[P+](=O)O. The molecule has 1 atom stereocenters. The number of halogens is 1. The van der Waals surface area contributed by atoms with Crippen molar-refractivity contribution in [1.82, 2.24) is 0 Å². The van der Waals surface area contributed by atoms with Gasteiger partial charge in [0.15, 0.2) is 6.16 Å². The van der Waals surface area contributed by atoms with E-state index in [-0.39, 0.29) is 6.16 Å². The van der Waals surface area contributed by atoms with Gasteiger partial charge < -0.3 is 0 Å². The first kappa shape index (κ1) is 8.76. The van der Waals surface area contributed by atoms with E-state index in [1.54, 1.807) is 0 Å². The molecule has 50 valence electrons. The summed E-state index contributed by atoms with van der Waals surface area (Å²) < 4.78 is 9.92. The second-order valence-electron chi connectivity index (χ2n) is 1.24. The first-order chi connectivity index (χ1) is 4.13. The summed E-state index contributed by atoms with van der Waals surface area (Å²) in [6, 6.07) is 0. The highest BCUT2D eigenvalue weighted by Gasteiger charge is 2.03. The Morgan fingerprint density at radius 3 is 2.67 bits per heavy atom. The highest BCUT2D eigenvalue weighted by molar-refractivity contribution is 7.38. The Labute approximate surface area is 58.2 Å². The maximum Gasteiger partial charge on any atom is 0.509 e. The third kappa shape index (κ3) is 7.76. The van der Waals surface area contributed by atoms with Crippen LogP contribution in [0.1, 0.15) is 0 Å². The lowest BCUT2D eigenvalue weighted by molar-refractivity contribution is -0.107. The molecule has 0 aliphatic carbocycles. The topological polar surface area (TPSA) is 54.4 Å². The van der Waals surface area contributed by atoms with Gasteiger partial charge in [-0.15, -0.1) is 0 Å². The molecule has 0 aliphatic heterocycles. The van der Waals surface area contributed by atoms with Crippen LogP contribution in [-0.2, 0) is 9.36 Å². The molecule has 3 nitrogen and oxygen atoms in total. The summed E-state index contributed by atoms with van der Waals surface area (Å²) in [6.45, 7) is 0. The molecule has 1 N–H and O–H groups in total. The zero-order chi connectivity index (χ0) is 7.28. The average Bonchev–Trinajstić information content (AvgIpc) is 1.63. The van der Waals surface area contributed by atoms with Gasteiger partial charge in [0.2, 0.25) is 5.24 Å². The molecule has 0 heterocycles. The van der Waals surface area contributed by atoms with Gasteiger partial charge in [-0.3, -0.25) is 4.79 Å². The average molecular weight is 168 g/mol. The van der Waals surface area contributed by atoms with Crippen molar-refractivity contribution in [3.8, 4) is 0 Å². The van der Waals surface area contributed by atoms with E-state index in [0.717, 1.165) is 6.08 Å². The molecule has 0 radical (unpaired) electrons. The fourth-order valence-corrected chi connectivity index (χ4v) is 0.610. The van der Waals surface area contributed by atoms with Gasteiger partial charge in [-0.2, -0.15) is 4.89 Å². The molecule has 1 unspecified atom stereocenters. The summed E-state index contributed by atoms with van der Waals surface area (Å²) in [5.74, 6) is 0. The van der Waals surface area contributed by atoms with E-state index in [1.165, 1.54) is 6.08 Å². The number of allylic oxidation sites excluding steroid dienone is 2. The summed E-state index contributed by atoms with van der Waals surface area (Å²) in [4.78, 5) is 18.1. The first-order valence-corrected chi connectivity index (χ1v) is 3.90. The van der Waals surface area contributed by atoms with Crippen LogP contribution >= 0.6 is 19.6 Å². The van der Waals surface area contributed by atoms with E-state index < -0.39 is 13.3 Å². The van der Waals surface area contributed by atoms with E-state index >= 15 is 0 Å². The van der Waals surface area contributed by atoms with Gasteiger partial charge in [-0.05, 0) is 28.3 Å². The summed E-state index contributed by atoms with van der Waals surface area (Å²) in [5.41, 5.74) is 0. The summed E-state index contributed by atoms with van der Waals surface area (Å²) in [7, 11) is -2.18. The van der Waals surface area contributed by atoms with E-state index in [0.29, 0.717) is 0 Å². The number of carbonyl (C=O) groups is 1. The van der Waals surface area contributed by atoms with Crippen LogP contribution < -0.4 is 0 Å². The van der Waals surface area contributed by atoms with Gasteiger partial charge >= 0.3 is 8.03 Å².